The summed E-state index contributed by atoms with van der Waals surface area (Å²) in [6, 6.07) is 14.5. The summed E-state index contributed by atoms with van der Waals surface area (Å²) in [5.41, 5.74) is 12.2. The van der Waals surface area contributed by atoms with Gasteiger partial charge in [-0.25, -0.2) is 0 Å². The summed E-state index contributed by atoms with van der Waals surface area (Å²) in [5, 5.41) is 0. The first kappa shape index (κ1) is 13.6. The Bertz CT molecular complexity index is 541. The van der Waals surface area contributed by atoms with Crippen molar-refractivity contribution in [3.05, 3.63) is 64.7 Å². The van der Waals surface area contributed by atoms with E-state index in [2.05, 4.69) is 50.1 Å². The van der Waals surface area contributed by atoms with Crippen molar-refractivity contribution in [1.29, 1.82) is 0 Å². The van der Waals surface area contributed by atoms with Crippen molar-refractivity contribution in [3.8, 4) is 0 Å². The fraction of sp³-hybridized carbons (Fsp3) is 0.294. The Balaban J connectivity index is 2.10. The van der Waals surface area contributed by atoms with E-state index < -0.39 is 0 Å². The van der Waals surface area contributed by atoms with Gasteiger partial charge in [-0.15, -0.1) is 0 Å². The minimum atomic E-state index is 0.871. The molecule has 0 saturated carbocycles. The highest BCUT2D eigenvalue weighted by atomic mass is 15.1. The van der Waals surface area contributed by atoms with Crippen LogP contribution in [0.25, 0.3) is 0 Å². The van der Waals surface area contributed by atoms with Crippen molar-refractivity contribution in [1.82, 2.24) is 4.90 Å². The Morgan fingerprint density at radius 2 is 1.53 bits per heavy atom. The maximum atomic E-state index is 6.00. The van der Waals surface area contributed by atoms with Gasteiger partial charge in [0.15, 0.2) is 0 Å². The molecule has 2 aromatic carbocycles. The number of nitrogens with zero attached hydrogens (tertiary/aromatic N) is 1. The molecule has 2 rings (SSSR count). The van der Waals surface area contributed by atoms with Crippen molar-refractivity contribution in [2.45, 2.75) is 26.9 Å². The Kier molecular flexibility index (Phi) is 4.23. The lowest BCUT2D eigenvalue weighted by molar-refractivity contribution is 0.318. The van der Waals surface area contributed by atoms with Crippen LogP contribution in [-0.2, 0) is 13.1 Å². The Labute approximate surface area is 115 Å². The molecule has 0 aliphatic rings. The van der Waals surface area contributed by atoms with Crippen molar-refractivity contribution >= 4 is 5.69 Å². The summed E-state index contributed by atoms with van der Waals surface area (Å²) in [7, 11) is 2.14. The van der Waals surface area contributed by atoms with E-state index in [1.165, 1.54) is 22.3 Å². The number of hydrogen-bond acceptors (Lipinski definition) is 2. The van der Waals surface area contributed by atoms with Crippen LogP contribution in [0.1, 0.15) is 22.3 Å². The third-order valence-electron chi connectivity index (χ3n) is 3.57. The van der Waals surface area contributed by atoms with Crippen LogP contribution in [0.3, 0.4) is 0 Å². The van der Waals surface area contributed by atoms with Gasteiger partial charge >= 0.3 is 0 Å². The van der Waals surface area contributed by atoms with Gasteiger partial charge in [-0.1, -0.05) is 36.4 Å². The predicted octanol–water partition coefficient (Wildman–Crippen LogP) is 3.52. The number of nitrogen functional groups attached to an aromatic ring is 1. The van der Waals surface area contributed by atoms with Gasteiger partial charge < -0.3 is 5.73 Å². The van der Waals surface area contributed by atoms with E-state index in [1.807, 2.05) is 18.2 Å². The SMILES string of the molecule is Cc1cccc(C)c1CN(C)Cc1ccccc1N. The number of benzene rings is 2. The van der Waals surface area contributed by atoms with Gasteiger partial charge in [0, 0.05) is 18.8 Å². The molecule has 0 heterocycles. The Morgan fingerprint density at radius 1 is 0.895 bits per heavy atom. The first-order chi connectivity index (χ1) is 9.08. The predicted molar refractivity (Wildman–Crippen MR) is 81.9 cm³/mol. The fourth-order valence-corrected chi connectivity index (χ4v) is 2.39. The lowest BCUT2D eigenvalue weighted by Gasteiger charge is -2.20. The van der Waals surface area contributed by atoms with Crippen LogP contribution in [-0.4, -0.2) is 11.9 Å². The molecule has 0 saturated heterocycles. The highest BCUT2D eigenvalue weighted by Crippen LogP contribution is 2.18. The van der Waals surface area contributed by atoms with E-state index in [4.69, 9.17) is 5.73 Å². The molecule has 19 heavy (non-hydrogen) atoms. The zero-order chi connectivity index (χ0) is 13.8. The van der Waals surface area contributed by atoms with Gasteiger partial charge in [0.25, 0.3) is 0 Å². The van der Waals surface area contributed by atoms with Gasteiger partial charge in [0.1, 0.15) is 0 Å². The molecule has 0 spiro atoms. The molecule has 0 aliphatic carbocycles. The second-order valence-corrected chi connectivity index (χ2v) is 5.24. The Hall–Kier alpha value is -1.80. The molecule has 0 fully saturated rings. The molecule has 0 aliphatic heterocycles. The van der Waals surface area contributed by atoms with Crippen LogP contribution in [0.5, 0.6) is 0 Å². The monoisotopic (exact) mass is 254 g/mol. The molecule has 2 heteroatoms. The molecule has 0 amide bonds. The van der Waals surface area contributed by atoms with Crippen LogP contribution in [0, 0.1) is 13.8 Å². The lowest BCUT2D eigenvalue weighted by Crippen LogP contribution is -2.19. The van der Waals surface area contributed by atoms with Gasteiger partial charge in [-0.2, -0.15) is 0 Å². The minimum absolute atomic E-state index is 0.871. The summed E-state index contributed by atoms with van der Waals surface area (Å²) < 4.78 is 0. The minimum Gasteiger partial charge on any atom is -0.398 e. The molecule has 0 bridgehead atoms. The second-order valence-electron chi connectivity index (χ2n) is 5.24. The maximum Gasteiger partial charge on any atom is 0.0359 e. The van der Waals surface area contributed by atoms with Crippen molar-refractivity contribution in [2.75, 3.05) is 12.8 Å². The molecule has 0 unspecified atom stereocenters. The van der Waals surface area contributed by atoms with E-state index in [1.54, 1.807) is 0 Å². The molecule has 2 N–H and O–H groups in total. The molecule has 0 radical (unpaired) electrons. The van der Waals surface area contributed by atoms with Crippen molar-refractivity contribution in [2.24, 2.45) is 0 Å². The standard InChI is InChI=1S/C17H22N2/c1-13-7-6-8-14(2)16(13)12-19(3)11-15-9-4-5-10-17(15)18/h4-10H,11-12,18H2,1-3H3. The first-order valence-corrected chi connectivity index (χ1v) is 6.65. The molecule has 100 valence electrons. The fourth-order valence-electron chi connectivity index (χ4n) is 2.39. The van der Waals surface area contributed by atoms with Gasteiger partial charge in [0.05, 0.1) is 0 Å². The third kappa shape index (κ3) is 3.36. The number of para-hydroxylation sites is 1. The van der Waals surface area contributed by atoms with E-state index in [-0.39, 0.29) is 0 Å². The topological polar surface area (TPSA) is 29.3 Å². The maximum absolute atomic E-state index is 6.00. The van der Waals surface area contributed by atoms with E-state index in [9.17, 15) is 0 Å². The number of aryl methyl sites for hydroxylation is 2. The summed E-state index contributed by atoms with van der Waals surface area (Å²) >= 11 is 0. The van der Waals surface area contributed by atoms with Gasteiger partial charge in [-0.3, -0.25) is 4.90 Å². The molecule has 2 nitrogen and oxygen atoms in total. The molecular formula is C17H22N2. The second kappa shape index (κ2) is 5.89. The van der Waals surface area contributed by atoms with Crippen LogP contribution < -0.4 is 5.73 Å². The quantitative estimate of drug-likeness (QED) is 0.846. The first-order valence-electron chi connectivity index (χ1n) is 6.65. The largest absolute Gasteiger partial charge is 0.398 e. The van der Waals surface area contributed by atoms with Crippen LogP contribution >= 0.6 is 0 Å². The summed E-state index contributed by atoms with van der Waals surface area (Å²) in [4.78, 5) is 2.31. The van der Waals surface area contributed by atoms with Crippen molar-refractivity contribution < 1.29 is 0 Å². The van der Waals surface area contributed by atoms with Crippen LogP contribution in [0.15, 0.2) is 42.5 Å². The summed E-state index contributed by atoms with van der Waals surface area (Å²) in [6.45, 7) is 6.17. The van der Waals surface area contributed by atoms with E-state index in [0.29, 0.717) is 0 Å². The van der Waals surface area contributed by atoms with E-state index >= 15 is 0 Å². The number of rotatable bonds is 4. The van der Waals surface area contributed by atoms with Gasteiger partial charge in [0.2, 0.25) is 0 Å². The summed E-state index contributed by atoms with van der Waals surface area (Å²) in [5.74, 6) is 0. The zero-order valence-corrected chi connectivity index (χ0v) is 12.0. The lowest BCUT2D eigenvalue weighted by atomic mass is 10.0. The number of anilines is 1. The number of nitrogens with two attached hydrogens (primary N) is 1. The smallest absolute Gasteiger partial charge is 0.0359 e. The highest BCUT2D eigenvalue weighted by molar-refractivity contribution is 5.46. The average Bonchev–Trinajstić information content (AvgIpc) is 2.37. The highest BCUT2D eigenvalue weighted by Gasteiger charge is 2.07. The van der Waals surface area contributed by atoms with Crippen LogP contribution in [0.4, 0.5) is 5.69 Å². The molecule has 0 aromatic heterocycles. The number of hydrogen-bond donors (Lipinski definition) is 1. The third-order valence-corrected chi connectivity index (χ3v) is 3.57. The normalized spacial score (nSPS) is 10.9. The van der Waals surface area contributed by atoms with E-state index in [0.717, 1.165) is 18.8 Å². The zero-order valence-electron chi connectivity index (χ0n) is 12.0. The average molecular weight is 254 g/mol. The van der Waals surface area contributed by atoms with Gasteiger partial charge in [-0.05, 0) is 49.2 Å². The summed E-state index contributed by atoms with van der Waals surface area (Å²) in [6.07, 6.45) is 0. The molecule has 0 atom stereocenters. The van der Waals surface area contributed by atoms with Crippen LogP contribution in [0.2, 0.25) is 0 Å². The Morgan fingerprint density at radius 3 is 2.16 bits per heavy atom. The molecule has 2 aromatic rings. The van der Waals surface area contributed by atoms with Crippen molar-refractivity contribution in [3.63, 3.8) is 0 Å². The molecular weight excluding hydrogens is 232 g/mol.